The minimum atomic E-state index is -0.0332. The van der Waals surface area contributed by atoms with E-state index in [1.54, 1.807) is 0 Å². The van der Waals surface area contributed by atoms with Crippen molar-refractivity contribution in [1.82, 2.24) is 5.32 Å². The lowest BCUT2D eigenvalue weighted by molar-refractivity contribution is -0.109. The molecule has 0 saturated heterocycles. The number of aliphatic hydroxyl groups excluding tert-OH is 1. The maximum absolute atomic E-state index is 10.8. The first-order valence-corrected chi connectivity index (χ1v) is 6.22. The van der Waals surface area contributed by atoms with Gasteiger partial charge in [-0.15, -0.1) is 0 Å². The Labute approximate surface area is 100 Å². The number of carbonyl (C=O) groups is 1. The summed E-state index contributed by atoms with van der Waals surface area (Å²) < 4.78 is 0. The van der Waals surface area contributed by atoms with E-state index in [2.05, 4.69) is 5.32 Å². The van der Waals surface area contributed by atoms with Gasteiger partial charge in [-0.2, -0.15) is 0 Å². The molecule has 0 saturated carbocycles. The van der Waals surface area contributed by atoms with Crippen molar-refractivity contribution in [1.29, 1.82) is 0 Å². The van der Waals surface area contributed by atoms with Crippen molar-refractivity contribution in [2.75, 3.05) is 12.4 Å². The third-order valence-corrected chi connectivity index (χ3v) is 3.12. The van der Waals surface area contributed by atoms with Gasteiger partial charge in [-0.05, 0) is 5.56 Å². The molecule has 0 fully saturated rings. The Bertz CT molecular complexity index is 316. The second-order valence-corrected chi connectivity index (χ2v) is 4.75. The zero-order chi connectivity index (χ0) is 11.8. The highest BCUT2D eigenvalue weighted by Crippen LogP contribution is 2.05. The third kappa shape index (κ3) is 5.30. The van der Waals surface area contributed by atoms with E-state index in [4.69, 9.17) is 5.11 Å². The SMILES string of the molecule is CC(=O)SC[C@@H](CO)NCc1ccccc1. The fourth-order valence-electron chi connectivity index (χ4n) is 1.25. The maximum atomic E-state index is 10.8. The molecule has 0 unspecified atom stereocenters. The van der Waals surface area contributed by atoms with E-state index in [0.29, 0.717) is 12.3 Å². The van der Waals surface area contributed by atoms with Gasteiger partial charge in [-0.1, -0.05) is 42.1 Å². The highest BCUT2D eigenvalue weighted by atomic mass is 32.2. The predicted octanol–water partition coefficient (Wildman–Crippen LogP) is 1.42. The molecule has 0 aromatic heterocycles. The molecule has 0 aliphatic rings. The summed E-state index contributed by atoms with van der Waals surface area (Å²) in [5.74, 6) is 0.610. The van der Waals surface area contributed by atoms with Crippen LogP contribution < -0.4 is 5.32 Å². The molecule has 88 valence electrons. The zero-order valence-corrected chi connectivity index (χ0v) is 10.2. The van der Waals surface area contributed by atoms with Gasteiger partial charge in [-0.3, -0.25) is 4.79 Å². The number of rotatable bonds is 6. The molecule has 0 spiro atoms. The fraction of sp³-hybridized carbons (Fsp3) is 0.417. The Morgan fingerprint density at radius 2 is 2.12 bits per heavy atom. The summed E-state index contributed by atoms with van der Waals surface area (Å²) >= 11 is 1.24. The number of aliphatic hydroxyl groups is 1. The zero-order valence-electron chi connectivity index (χ0n) is 9.35. The van der Waals surface area contributed by atoms with Gasteiger partial charge in [0.15, 0.2) is 5.12 Å². The van der Waals surface area contributed by atoms with Crippen LogP contribution in [0.1, 0.15) is 12.5 Å². The van der Waals surface area contributed by atoms with Crippen molar-refractivity contribution in [2.24, 2.45) is 0 Å². The highest BCUT2D eigenvalue weighted by molar-refractivity contribution is 8.13. The van der Waals surface area contributed by atoms with Gasteiger partial charge in [-0.25, -0.2) is 0 Å². The fourth-order valence-corrected chi connectivity index (χ4v) is 1.91. The second-order valence-electron chi connectivity index (χ2n) is 3.55. The summed E-state index contributed by atoms with van der Waals surface area (Å²) in [6, 6.07) is 9.96. The molecular formula is C12H17NO2S. The van der Waals surface area contributed by atoms with Crippen molar-refractivity contribution >= 4 is 16.9 Å². The lowest BCUT2D eigenvalue weighted by Gasteiger charge is -2.14. The van der Waals surface area contributed by atoms with Gasteiger partial charge in [0.2, 0.25) is 0 Å². The molecule has 1 aromatic carbocycles. The first-order valence-electron chi connectivity index (χ1n) is 5.24. The maximum Gasteiger partial charge on any atom is 0.185 e. The monoisotopic (exact) mass is 239 g/mol. The van der Waals surface area contributed by atoms with Crippen LogP contribution in [0, 0.1) is 0 Å². The van der Waals surface area contributed by atoms with Crippen LogP contribution >= 0.6 is 11.8 Å². The normalized spacial score (nSPS) is 12.4. The quantitative estimate of drug-likeness (QED) is 0.788. The molecule has 4 heteroatoms. The Kier molecular flexibility index (Phi) is 6.15. The van der Waals surface area contributed by atoms with Gasteiger partial charge in [0, 0.05) is 25.3 Å². The summed E-state index contributed by atoms with van der Waals surface area (Å²) in [6.07, 6.45) is 0. The van der Waals surface area contributed by atoms with E-state index in [-0.39, 0.29) is 17.8 Å². The van der Waals surface area contributed by atoms with Crippen LogP contribution in [-0.4, -0.2) is 28.6 Å². The van der Waals surface area contributed by atoms with E-state index < -0.39 is 0 Å². The van der Waals surface area contributed by atoms with Gasteiger partial charge >= 0.3 is 0 Å². The first kappa shape index (κ1) is 13.2. The summed E-state index contributed by atoms with van der Waals surface area (Å²) in [7, 11) is 0. The molecule has 1 aromatic rings. The molecule has 0 bridgehead atoms. The lowest BCUT2D eigenvalue weighted by atomic mass is 10.2. The smallest absolute Gasteiger partial charge is 0.185 e. The molecule has 0 amide bonds. The number of hydrogen-bond donors (Lipinski definition) is 2. The van der Waals surface area contributed by atoms with Crippen LogP contribution in [0.15, 0.2) is 30.3 Å². The largest absolute Gasteiger partial charge is 0.395 e. The minimum absolute atomic E-state index is 0.0332. The predicted molar refractivity (Wildman–Crippen MR) is 67.3 cm³/mol. The van der Waals surface area contributed by atoms with Crippen LogP contribution in [0.5, 0.6) is 0 Å². The number of benzene rings is 1. The molecule has 0 aliphatic heterocycles. The molecule has 16 heavy (non-hydrogen) atoms. The van der Waals surface area contributed by atoms with Gasteiger partial charge in [0.25, 0.3) is 0 Å². The summed E-state index contributed by atoms with van der Waals surface area (Å²) in [6.45, 7) is 2.30. The van der Waals surface area contributed by atoms with Crippen LogP contribution in [0.3, 0.4) is 0 Å². The molecule has 2 N–H and O–H groups in total. The van der Waals surface area contributed by atoms with Gasteiger partial charge < -0.3 is 10.4 Å². The van der Waals surface area contributed by atoms with E-state index in [1.165, 1.54) is 24.2 Å². The Morgan fingerprint density at radius 3 is 2.69 bits per heavy atom. The Balaban J connectivity index is 2.31. The third-order valence-electron chi connectivity index (χ3n) is 2.15. The minimum Gasteiger partial charge on any atom is -0.395 e. The first-order chi connectivity index (χ1) is 7.72. The van der Waals surface area contributed by atoms with Crippen molar-refractivity contribution in [2.45, 2.75) is 19.5 Å². The van der Waals surface area contributed by atoms with Crippen molar-refractivity contribution in [3.8, 4) is 0 Å². The van der Waals surface area contributed by atoms with E-state index in [0.717, 1.165) is 0 Å². The van der Waals surface area contributed by atoms with Crippen LogP contribution in [0.25, 0.3) is 0 Å². The highest BCUT2D eigenvalue weighted by Gasteiger charge is 2.08. The van der Waals surface area contributed by atoms with Crippen LogP contribution in [0.4, 0.5) is 0 Å². The van der Waals surface area contributed by atoms with Crippen molar-refractivity contribution < 1.29 is 9.90 Å². The summed E-state index contributed by atoms with van der Waals surface area (Å²) in [5, 5.41) is 12.4. The Morgan fingerprint density at radius 1 is 1.44 bits per heavy atom. The van der Waals surface area contributed by atoms with Crippen molar-refractivity contribution in [3.05, 3.63) is 35.9 Å². The van der Waals surface area contributed by atoms with E-state index >= 15 is 0 Å². The van der Waals surface area contributed by atoms with Crippen molar-refractivity contribution in [3.63, 3.8) is 0 Å². The molecule has 0 aliphatic carbocycles. The molecular weight excluding hydrogens is 222 g/mol. The van der Waals surface area contributed by atoms with E-state index in [9.17, 15) is 4.79 Å². The summed E-state index contributed by atoms with van der Waals surface area (Å²) in [4.78, 5) is 10.8. The van der Waals surface area contributed by atoms with E-state index in [1.807, 2.05) is 30.3 Å². The average Bonchev–Trinajstić information content (AvgIpc) is 2.30. The topological polar surface area (TPSA) is 49.3 Å². The van der Waals surface area contributed by atoms with Gasteiger partial charge in [0.1, 0.15) is 0 Å². The summed E-state index contributed by atoms with van der Waals surface area (Å²) in [5.41, 5.74) is 1.17. The Hall–Kier alpha value is -0.840. The standard InChI is InChI=1S/C12H17NO2S/c1-10(15)16-9-12(8-14)13-7-11-5-3-2-4-6-11/h2-6,12-14H,7-9H2,1H3/t12-/m1/s1. The second kappa shape index (κ2) is 7.44. The van der Waals surface area contributed by atoms with Crippen LogP contribution in [-0.2, 0) is 11.3 Å². The lowest BCUT2D eigenvalue weighted by Crippen LogP contribution is -2.34. The number of nitrogens with one attached hydrogen (secondary N) is 1. The number of hydrogen-bond acceptors (Lipinski definition) is 4. The van der Waals surface area contributed by atoms with Crippen LogP contribution in [0.2, 0.25) is 0 Å². The average molecular weight is 239 g/mol. The molecule has 0 heterocycles. The molecule has 0 radical (unpaired) electrons. The number of carbonyl (C=O) groups excluding carboxylic acids is 1. The molecule has 1 atom stereocenters. The molecule has 1 rings (SSSR count). The number of thioether (sulfide) groups is 1. The van der Waals surface area contributed by atoms with Gasteiger partial charge in [0.05, 0.1) is 6.61 Å². The molecule has 3 nitrogen and oxygen atoms in total.